The Bertz CT molecular complexity index is 300. The van der Waals surface area contributed by atoms with Crippen molar-refractivity contribution in [1.82, 2.24) is 5.32 Å². The van der Waals surface area contributed by atoms with Crippen LogP contribution < -0.4 is 5.32 Å². The van der Waals surface area contributed by atoms with E-state index in [0.29, 0.717) is 12.5 Å². The highest BCUT2D eigenvalue weighted by atomic mass is 14.9. The van der Waals surface area contributed by atoms with Gasteiger partial charge >= 0.3 is 0 Å². The lowest BCUT2D eigenvalue weighted by atomic mass is 10.1. The third-order valence-electron chi connectivity index (χ3n) is 2.47. The third-order valence-corrected chi connectivity index (χ3v) is 2.47. The van der Waals surface area contributed by atoms with Crippen LogP contribution in [-0.2, 0) is 0 Å². The maximum Gasteiger partial charge on any atom is 0.0621 e. The van der Waals surface area contributed by atoms with Gasteiger partial charge in [-0.05, 0) is 31.9 Å². The molecule has 15 heavy (non-hydrogen) atoms. The lowest BCUT2D eigenvalue weighted by Crippen LogP contribution is -2.19. The first-order chi connectivity index (χ1) is 7.34. The molecule has 1 aromatic rings. The molecule has 0 saturated carbocycles. The Morgan fingerprint density at radius 3 is 2.67 bits per heavy atom. The van der Waals surface area contributed by atoms with E-state index in [-0.39, 0.29) is 0 Å². The van der Waals surface area contributed by atoms with E-state index in [0.717, 1.165) is 19.4 Å². The summed E-state index contributed by atoms with van der Waals surface area (Å²) in [6.07, 6.45) is 2.73. The van der Waals surface area contributed by atoms with Crippen LogP contribution in [0, 0.1) is 11.3 Å². The average Bonchev–Trinajstić information content (AvgIpc) is 2.30. The van der Waals surface area contributed by atoms with E-state index in [4.69, 9.17) is 5.26 Å². The zero-order valence-corrected chi connectivity index (χ0v) is 9.24. The van der Waals surface area contributed by atoms with Gasteiger partial charge in [0.2, 0.25) is 0 Å². The van der Waals surface area contributed by atoms with Crippen LogP contribution in [0.3, 0.4) is 0 Å². The van der Waals surface area contributed by atoms with Gasteiger partial charge in [-0.15, -0.1) is 0 Å². The number of hydrogen-bond acceptors (Lipinski definition) is 2. The number of nitrogens with zero attached hydrogens (tertiary/aromatic N) is 1. The summed E-state index contributed by atoms with van der Waals surface area (Å²) in [5, 5.41) is 11.8. The van der Waals surface area contributed by atoms with Crippen LogP contribution in [0.15, 0.2) is 30.3 Å². The molecule has 2 nitrogen and oxygen atoms in total. The molecular weight excluding hydrogens is 184 g/mol. The smallest absolute Gasteiger partial charge is 0.0621 e. The molecule has 0 spiro atoms. The molecule has 2 heteroatoms. The van der Waals surface area contributed by atoms with Crippen LogP contribution in [0.5, 0.6) is 0 Å². The van der Waals surface area contributed by atoms with Gasteiger partial charge < -0.3 is 5.32 Å². The van der Waals surface area contributed by atoms with Gasteiger partial charge in [-0.25, -0.2) is 0 Å². The number of rotatable bonds is 6. The molecule has 1 N–H and O–H groups in total. The van der Waals surface area contributed by atoms with Crippen molar-refractivity contribution in [3.63, 3.8) is 0 Å². The number of unbranched alkanes of at least 4 members (excludes halogenated alkanes) is 2. The van der Waals surface area contributed by atoms with Gasteiger partial charge in [-0.1, -0.05) is 30.3 Å². The van der Waals surface area contributed by atoms with E-state index in [1.807, 2.05) is 6.07 Å². The maximum atomic E-state index is 8.38. The zero-order valence-electron chi connectivity index (χ0n) is 9.24. The molecule has 0 aromatic heterocycles. The van der Waals surface area contributed by atoms with E-state index in [9.17, 15) is 0 Å². The predicted molar refractivity (Wildman–Crippen MR) is 62.3 cm³/mol. The number of benzene rings is 1. The number of hydrogen-bond donors (Lipinski definition) is 1. The molecule has 0 fully saturated rings. The van der Waals surface area contributed by atoms with Crippen LogP contribution in [0.4, 0.5) is 0 Å². The minimum atomic E-state index is 0.397. The van der Waals surface area contributed by atoms with Crippen LogP contribution in [0.1, 0.15) is 37.8 Å². The van der Waals surface area contributed by atoms with Crippen LogP contribution in [0.25, 0.3) is 0 Å². The summed E-state index contributed by atoms with van der Waals surface area (Å²) >= 11 is 0. The van der Waals surface area contributed by atoms with Crippen molar-refractivity contribution in [2.45, 2.75) is 32.2 Å². The van der Waals surface area contributed by atoms with E-state index in [2.05, 4.69) is 42.6 Å². The van der Waals surface area contributed by atoms with Crippen molar-refractivity contribution in [2.24, 2.45) is 0 Å². The van der Waals surface area contributed by atoms with Crippen molar-refractivity contribution in [2.75, 3.05) is 6.54 Å². The molecular formula is C13H18N2. The topological polar surface area (TPSA) is 35.8 Å². The molecule has 0 aliphatic carbocycles. The van der Waals surface area contributed by atoms with Gasteiger partial charge in [0.05, 0.1) is 6.07 Å². The Morgan fingerprint density at radius 2 is 2.00 bits per heavy atom. The van der Waals surface area contributed by atoms with Crippen molar-refractivity contribution >= 4 is 0 Å². The molecule has 1 rings (SSSR count). The van der Waals surface area contributed by atoms with E-state index < -0.39 is 0 Å². The number of nitrogens with one attached hydrogen (secondary N) is 1. The minimum absolute atomic E-state index is 0.397. The standard InChI is InChI=1S/C13H18N2/c1-12(13-8-4-2-5-9-13)15-11-7-3-6-10-14/h2,4-5,8-9,12,15H,3,6-7,11H2,1H3. The first kappa shape index (κ1) is 11.7. The lowest BCUT2D eigenvalue weighted by molar-refractivity contribution is 0.549. The summed E-state index contributed by atoms with van der Waals surface area (Å²) in [5.74, 6) is 0. The van der Waals surface area contributed by atoms with Gasteiger partial charge in [0.15, 0.2) is 0 Å². The summed E-state index contributed by atoms with van der Waals surface area (Å²) in [7, 11) is 0. The molecule has 0 aliphatic heterocycles. The predicted octanol–water partition coefficient (Wildman–Crippen LogP) is 3.03. The second-order valence-electron chi connectivity index (χ2n) is 3.70. The van der Waals surface area contributed by atoms with Crippen molar-refractivity contribution < 1.29 is 0 Å². The molecule has 1 atom stereocenters. The fourth-order valence-corrected chi connectivity index (χ4v) is 1.51. The Kier molecular flexibility index (Phi) is 5.50. The normalized spacial score (nSPS) is 12.0. The Labute approximate surface area is 91.9 Å². The second kappa shape index (κ2) is 7.03. The first-order valence-electron chi connectivity index (χ1n) is 5.50. The van der Waals surface area contributed by atoms with Crippen molar-refractivity contribution in [3.05, 3.63) is 35.9 Å². The quantitative estimate of drug-likeness (QED) is 0.720. The summed E-state index contributed by atoms with van der Waals surface area (Å²) in [4.78, 5) is 0. The van der Waals surface area contributed by atoms with Crippen LogP contribution in [-0.4, -0.2) is 6.54 Å². The van der Waals surface area contributed by atoms with Gasteiger partial charge in [0.1, 0.15) is 0 Å². The molecule has 0 bridgehead atoms. The molecule has 0 aliphatic rings. The highest BCUT2D eigenvalue weighted by Crippen LogP contribution is 2.10. The summed E-state index contributed by atoms with van der Waals surface area (Å²) in [6.45, 7) is 3.15. The monoisotopic (exact) mass is 202 g/mol. The van der Waals surface area contributed by atoms with Gasteiger partial charge in [0, 0.05) is 12.5 Å². The Morgan fingerprint density at radius 1 is 1.27 bits per heavy atom. The van der Waals surface area contributed by atoms with E-state index in [1.165, 1.54) is 5.56 Å². The van der Waals surface area contributed by atoms with Crippen molar-refractivity contribution in [1.29, 1.82) is 5.26 Å². The zero-order chi connectivity index (χ0) is 10.9. The summed E-state index contributed by atoms with van der Waals surface area (Å²) in [6, 6.07) is 13.0. The third kappa shape index (κ3) is 4.62. The van der Waals surface area contributed by atoms with Crippen molar-refractivity contribution in [3.8, 4) is 6.07 Å². The Balaban J connectivity index is 2.20. The molecule has 1 unspecified atom stereocenters. The second-order valence-corrected chi connectivity index (χ2v) is 3.70. The Hall–Kier alpha value is -1.33. The highest BCUT2D eigenvalue weighted by Gasteiger charge is 2.02. The minimum Gasteiger partial charge on any atom is -0.310 e. The molecule has 80 valence electrons. The lowest BCUT2D eigenvalue weighted by Gasteiger charge is -2.13. The fraction of sp³-hybridized carbons (Fsp3) is 0.462. The molecule has 0 heterocycles. The van der Waals surface area contributed by atoms with E-state index in [1.54, 1.807) is 0 Å². The van der Waals surface area contributed by atoms with Crippen LogP contribution in [0.2, 0.25) is 0 Å². The first-order valence-corrected chi connectivity index (χ1v) is 5.50. The molecule has 0 saturated heterocycles. The fourth-order valence-electron chi connectivity index (χ4n) is 1.51. The van der Waals surface area contributed by atoms with Gasteiger partial charge in [0.25, 0.3) is 0 Å². The summed E-state index contributed by atoms with van der Waals surface area (Å²) in [5.41, 5.74) is 1.32. The highest BCUT2D eigenvalue weighted by molar-refractivity contribution is 5.17. The molecule has 0 amide bonds. The maximum absolute atomic E-state index is 8.38. The average molecular weight is 202 g/mol. The largest absolute Gasteiger partial charge is 0.310 e. The van der Waals surface area contributed by atoms with E-state index >= 15 is 0 Å². The van der Waals surface area contributed by atoms with Gasteiger partial charge in [-0.3, -0.25) is 0 Å². The van der Waals surface area contributed by atoms with Gasteiger partial charge in [-0.2, -0.15) is 5.26 Å². The molecule has 0 radical (unpaired) electrons. The molecule has 1 aromatic carbocycles. The summed E-state index contributed by atoms with van der Waals surface area (Å²) < 4.78 is 0. The van der Waals surface area contributed by atoms with Crippen LogP contribution >= 0.6 is 0 Å². The SMILES string of the molecule is CC(NCCCCC#N)c1ccccc1. The number of nitriles is 1.